The van der Waals surface area contributed by atoms with Crippen molar-refractivity contribution in [3.8, 4) is 0 Å². The van der Waals surface area contributed by atoms with Crippen LogP contribution in [0.1, 0.15) is 36.8 Å². The van der Waals surface area contributed by atoms with E-state index in [2.05, 4.69) is 40.5 Å². The van der Waals surface area contributed by atoms with E-state index in [1.54, 1.807) is 0 Å². The van der Waals surface area contributed by atoms with Crippen LogP contribution in [0.4, 0.5) is 5.69 Å². The first-order valence-electron chi connectivity index (χ1n) is 11.6. The van der Waals surface area contributed by atoms with E-state index in [9.17, 15) is 0 Å². The molecule has 1 aliphatic carbocycles. The average Bonchev–Trinajstić information content (AvgIpc) is 2.80. The number of nitrogens with one attached hydrogen (secondary N) is 1. The zero-order chi connectivity index (χ0) is 21.1. The molecule has 4 nitrogen and oxygen atoms in total. The van der Waals surface area contributed by atoms with Crippen molar-refractivity contribution in [3.63, 3.8) is 0 Å². The molecule has 0 aromatic heterocycles. The van der Waals surface area contributed by atoms with Crippen molar-refractivity contribution in [2.75, 3.05) is 38.2 Å². The summed E-state index contributed by atoms with van der Waals surface area (Å²) in [7, 11) is 0. The molecule has 1 saturated carbocycles. The number of rotatable bonds is 4. The Balaban J connectivity index is 1.33. The Bertz CT molecular complexity index is 930. The highest BCUT2D eigenvalue weighted by Gasteiger charge is 2.43. The minimum Gasteiger partial charge on any atom is -0.379 e. The molecule has 0 bridgehead atoms. The summed E-state index contributed by atoms with van der Waals surface area (Å²) in [5.74, 6) is 1.96. The lowest BCUT2D eigenvalue weighted by Gasteiger charge is -2.45. The van der Waals surface area contributed by atoms with E-state index < -0.39 is 0 Å². The van der Waals surface area contributed by atoms with Crippen LogP contribution in [0.5, 0.6) is 0 Å². The largest absolute Gasteiger partial charge is 0.379 e. The minimum absolute atomic E-state index is 0.133. The summed E-state index contributed by atoms with van der Waals surface area (Å²) in [6.45, 7) is 5.84. The van der Waals surface area contributed by atoms with Gasteiger partial charge in [0.15, 0.2) is 0 Å². The molecule has 0 amide bonds. The van der Waals surface area contributed by atoms with Gasteiger partial charge in [-0.2, -0.15) is 0 Å². The second-order valence-corrected chi connectivity index (χ2v) is 9.83. The summed E-state index contributed by atoms with van der Waals surface area (Å²) in [5.41, 5.74) is 3.94. The van der Waals surface area contributed by atoms with Crippen LogP contribution < -0.4 is 5.32 Å². The molecule has 2 aromatic carbocycles. The maximum atomic E-state index is 6.20. The molecule has 1 saturated heterocycles. The fourth-order valence-electron chi connectivity index (χ4n) is 5.49. The first-order chi connectivity index (χ1) is 15.2. The molecular formula is C26H32ClN3O. The van der Waals surface area contributed by atoms with Crippen molar-refractivity contribution in [3.05, 3.63) is 64.7 Å². The fraction of sp³-hybridized carbons (Fsp3) is 0.500. The number of fused-ring (bicyclic) bond motifs is 1. The Morgan fingerprint density at radius 3 is 2.68 bits per heavy atom. The first kappa shape index (κ1) is 21.0. The van der Waals surface area contributed by atoms with Crippen LogP contribution in [0, 0.1) is 11.3 Å². The zero-order valence-corrected chi connectivity index (χ0v) is 18.9. The molecule has 2 fully saturated rings. The van der Waals surface area contributed by atoms with Crippen molar-refractivity contribution in [2.45, 2.75) is 38.6 Å². The second-order valence-electron chi connectivity index (χ2n) is 9.39. The molecule has 0 radical (unpaired) electrons. The highest BCUT2D eigenvalue weighted by atomic mass is 35.5. The zero-order valence-electron chi connectivity index (χ0n) is 18.2. The maximum Gasteiger partial charge on any atom is 0.108 e. The number of benzene rings is 2. The van der Waals surface area contributed by atoms with Crippen molar-refractivity contribution < 1.29 is 4.74 Å². The van der Waals surface area contributed by atoms with Gasteiger partial charge in [-0.1, -0.05) is 41.9 Å². The Hall–Kier alpha value is -1.88. The van der Waals surface area contributed by atoms with Gasteiger partial charge in [-0.3, -0.25) is 9.89 Å². The number of ether oxygens (including phenoxy) is 1. The van der Waals surface area contributed by atoms with Gasteiger partial charge in [0, 0.05) is 35.8 Å². The van der Waals surface area contributed by atoms with Gasteiger partial charge in [-0.05, 0) is 67.3 Å². The Morgan fingerprint density at radius 2 is 1.87 bits per heavy atom. The molecule has 5 rings (SSSR count). The molecule has 31 heavy (non-hydrogen) atoms. The predicted octanol–water partition coefficient (Wildman–Crippen LogP) is 5.42. The Morgan fingerprint density at radius 1 is 1.06 bits per heavy atom. The lowest BCUT2D eigenvalue weighted by molar-refractivity contribution is 0.0250. The third kappa shape index (κ3) is 4.82. The van der Waals surface area contributed by atoms with Crippen LogP contribution in [-0.2, 0) is 17.7 Å². The number of halogens is 1. The highest BCUT2D eigenvalue weighted by molar-refractivity contribution is 6.30. The van der Waals surface area contributed by atoms with Gasteiger partial charge >= 0.3 is 0 Å². The van der Waals surface area contributed by atoms with Gasteiger partial charge in [-0.25, -0.2) is 0 Å². The van der Waals surface area contributed by atoms with Crippen LogP contribution in [0.15, 0.2) is 53.5 Å². The summed E-state index contributed by atoms with van der Waals surface area (Å²) in [6.07, 6.45) is 6.05. The van der Waals surface area contributed by atoms with E-state index in [1.807, 2.05) is 18.2 Å². The lowest BCUT2D eigenvalue weighted by atomic mass is 9.65. The van der Waals surface area contributed by atoms with Gasteiger partial charge in [0.25, 0.3) is 0 Å². The number of amidine groups is 1. The quantitative estimate of drug-likeness (QED) is 0.694. The molecule has 3 aliphatic rings. The molecule has 5 heteroatoms. The number of nitrogens with zero attached hydrogens (tertiary/aromatic N) is 2. The summed E-state index contributed by atoms with van der Waals surface area (Å²) < 4.78 is 5.52. The molecule has 0 unspecified atom stereocenters. The highest BCUT2D eigenvalue weighted by Crippen LogP contribution is 2.46. The number of hydrogen-bond acceptors (Lipinski definition) is 3. The topological polar surface area (TPSA) is 36.9 Å². The second kappa shape index (κ2) is 9.32. The van der Waals surface area contributed by atoms with Crippen LogP contribution >= 0.6 is 11.6 Å². The van der Waals surface area contributed by atoms with Crippen LogP contribution in [0.25, 0.3) is 0 Å². The fourth-order valence-corrected chi connectivity index (χ4v) is 5.71. The minimum atomic E-state index is 0.133. The molecule has 164 valence electrons. The van der Waals surface area contributed by atoms with Gasteiger partial charge in [0.2, 0.25) is 0 Å². The van der Waals surface area contributed by atoms with Crippen molar-refractivity contribution in [1.82, 2.24) is 4.90 Å². The third-order valence-corrected chi connectivity index (χ3v) is 7.53. The maximum absolute atomic E-state index is 6.20. The van der Waals surface area contributed by atoms with Gasteiger partial charge in [0.05, 0.1) is 19.8 Å². The SMILES string of the molecule is Clc1cccc(CN=C2Nc3ccccc3CC23CCC(CN2CCOCC2)CC3)c1. The number of para-hydroxylation sites is 1. The normalized spacial score (nSPS) is 27.8. The number of morpholine rings is 1. The van der Waals surface area contributed by atoms with Crippen molar-refractivity contribution in [1.29, 1.82) is 0 Å². The molecule has 0 atom stereocenters. The van der Waals surface area contributed by atoms with E-state index in [0.717, 1.165) is 49.2 Å². The molecule has 2 aromatic rings. The molecule has 2 heterocycles. The molecule has 1 spiro atoms. The molecule has 2 aliphatic heterocycles. The van der Waals surface area contributed by atoms with Gasteiger partial charge in [0.1, 0.15) is 5.84 Å². The summed E-state index contributed by atoms with van der Waals surface area (Å²) in [5, 5.41) is 4.50. The van der Waals surface area contributed by atoms with E-state index in [4.69, 9.17) is 21.3 Å². The molecular weight excluding hydrogens is 406 g/mol. The van der Waals surface area contributed by atoms with E-state index in [0.29, 0.717) is 6.54 Å². The average molecular weight is 438 g/mol. The number of aliphatic imine (C=N–C) groups is 1. The van der Waals surface area contributed by atoms with Gasteiger partial charge in [-0.15, -0.1) is 0 Å². The van der Waals surface area contributed by atoms with E-state index >= 15 is 0 Å². The van der Waals surface area contributed by atoms with E-state index in [1.165, 1.54) is 49.3 Å². The van der Waals surface area contributed by atoms with E-state index in [-0.39, 0.29) is 5.41 Å². The smallest absolute Gasteiger partial charge is 0.108 e. The van der Waals surface area contributed by atoms with Crippen LogP contribution in [0.3, 0.4) is 0 Å². The standard InChI is InChI=1S/C26H32ClN3O/c27-23-6-3-4-21(16-23)18-28-25-26(17-22-5-1-2-7-24(22)29-25)10-8-20(9-11-26)19-30-12-14-31-15-13-30/h1-7,16,20H,8-15,17-19H2,(H,28,29). The molecule has 1 N–H and O–H groups in total. The van der Waals surface area contributed by atoms with Gasteiger partial charge < -0.3 is 10.1 Å². The van der Waals surface area contributed by atoms with Crippen LogP contribution in [0.2, 0.25) is 5.02 Å². The Kier molecular flexibility index (Phi) is 6.31. The summed E-state index contributed by atoms with van der Waals surface area (Å²) >= 11 is 6.20. The third-order valence-electron chi connectivity index (χ3n) is 7.29. The monoisotopic (exact) mass is 437 g/mol. The van der Waals surface area contributed by atoms with Crippen molar-refractivity contribution >= 4 is 23.1 Å². The predicted molar refractivity (Wildman–Crippen MR) is 128 cm³/mol. The Labute approximate surface area is 190 Å². The summed E-state index contributed by atoms with van der Waals surface area (Å²) in [4.78, 5) is 7.72. The lowest BCUT2D eigenvalue weighted by Crippen LogP contribution is -2.46. The number of hydrogen-bond donors (Lipinski definition) is 1. The summed E-state index contributed by atoms with van der Waals surface area (Å²) in [6, 6.07) is 16.8. The first-order valence-corrected chi connectivity index (χ1v) is 12.0. The van der Waals surface area contributed by atoms with Crippen molar-refractivity contribution in [2.24, 2.45) is 16.3 Å². The number of anilines is 1. The van der Waals surface area contributed by atoms with Crippen LogP contribution in [-0.4, -0.2) is 43.6 Å².